The van der Waals surface area contributed by atoms with Gasteiger partial charge in [0, 0.05) is 5.02 Å². The van der Waals surface area contributed by atoms with Crippen LogP contribution in [0.1, 0.15) is 18.1 Å². The summed E-state index contributed by atoms with van der Waals surface area (Å²) in [4.78, 5) is 12.1. The zero-order valence-corrected chi connectivity index (χ0v) is 16.7. The molecule has 0 unspecified atom stereocenters. The van der Waals surface area contributed by atoms with Gasteiger partial charge < -0.3 is 9.47 Å². The number of halogens is 1. The highest BCUT2D eigenvalue weighted by molar-refractivity contribution is 6.30. The van der Waals surface area contributed by atoms with Crippen LogP contribution >= 0.6 is 11.6 Å². The lowest BCUT2D eigenvalue weighted by Gasteiger charge is -2.13. The summed E-state index contributed by atoms with van der Waals surface area (Å²) in [6.45, 7) is 2.13. The first-order valence-electron chi connectivity index (χ1n) is 9.12. The summed E-state index contributed by atoms with van der Waals surface area (Å²) in [7, 11) is 0. The Bertz CT molecular complexity index is 977. The zero-order valence-electron chi connectivity index (χ0n) is 15.9. The highest BCUT2D eigenvalue weighted by atomic mass is 35.5. The molecule has 1 atom stereocenters. The lowest BCUT2D eigenvalue weighted by Crippen LogP contribution is -2.33. The van der Waals surface area contributed by atoms with E-state index in [4.69, 9.17) is 21.1 Å². The fourth-order valence-corrected chi connectivity index (χ4v) is 2.67. The number of hydrazone groups is 1. The first kappa shape index (κ1) is 20.4. The summed E-state index contributed by atoms with van der Waals surface area (Å²) in [5.41, 5.74) is 4.37. The number of carbonyl (C=O) groups is 1. The fourth-order valence-electron chi connectivity index (χ4n) is 2.48. The molecule has 0 aliphatic heterocycles. The van der Waals surface area contributed by atoms with Crippen molar-refractivity contribution in [3.8, 4) is 11.5 Å². The van der Waals surface area contributed by atoms with Crippen LogP contribution in [0.3, 0.4) is 0 Å². The lowest BCUT2D eigenvalue weighted by atomic mass is 10.2. The molecule has 5 nitrogen and oxygen atoms in total. The molecule has 29 heavy (non-hydrogen) atoms. The van der Waals surface area contributed by atoms with E-state index in [2.05, 4.69) is 10.5 Å². The molecule has 1 N–H and O–H groups in total. The highest BCUT2D eigenvalue weighted by Crippen LogP contribution is 2.18. The molecule has 0 radical (unpaired) electrons. The minimum atomic E-state index is -0.717. The second-order valence-corrected chi connectivity index (χ2v) is 6.73. The van der Waals surface area contributed by atoms with Crippen molar-refractivity contribution >= 4 is 23.7 Å². The molecule has 0 heterocycles. The molecule has 0 saturated heterocycles. The van der Waals surface area contributed by atoms with Gasteiger partial charge in [-0.2, -0.15) is 5.10 Å². The molecule has 3 aromatic rings. The van der Waals surface area contributed by atoms with Gasteiger partial charge in [-0.1, -0.05) is 60.1 Å². The van der Waals surface area contributed by atoms with Gasteiger partial charge in [0.2, 0.25) is 0 Å². The maximum Gasteiger partial charge on any atom is 0.280 e. The quantitative estimate of drug-likeness (QED) is 0.428. The van der Waals surface area contributed by atoms with Crippen molar-refractivity contribution < 1.29 is 14.3 Å². The molecule has 0 aliphatic carbocycles. The molecular weight excluding hydrogens is 388 g/mol. The van der Waals surface area contributed by atoms with E-state index in [1.807, 2.05) is 54.6 Å². The third kappa shape index (κ3) is 6.66. The van der Waals surface area contributed by atoms with E-state index >= 15 is 0 Å². The van der Waals surface area contributed by atoms with E-state index in [0.717, 1.165) is 16.9 Å². The molecule has 0 spiro atoms. The predicted octanol–water partition coefficient (Wildman–Crippen LogP) is 4.84. The van der Waals surface area contributed by atoms with Crippen LogP contribution in [-0.2, 0) is 11.4 Å². The number of hydrogen-bond donors (Lipinski definition) is 1. The summed E-state index contributed by atoms with van der Waals surface area (Å²) in [6.07, 6.45) is 0.838. The van der Waals surface area contributed by atoms with Crippen molar-refractivity contribution in [1.29, 1.82) is 0 Å². The maximum absolute atomic E-state index is 12.1. The average molecular weight is 409 g/mol. The SMILES string of the molecule is C[C@@H](Oc1cccc(Cl)c1)C(=O)N/N=C\c1cccc(OCc2ccccc2)c1. The number of ether oxygens (including phenoxy) is 2. The molecule has 0 aliphatic rings. The normalized spacial score (nSPS) is 11.8. The van der Waals surface area contributed by atoms with Gasteiger partial charge in [0.1, 0.15) is 18.1 Å². The third-order valence-corrected chi connectivity index (χ3v) is 4.21. The molecule has 0 aromatic heterocycles. The Morgan fingerprint density at radius 3 is 2.59 bits per heavy atom. The summed E-state index contributed by atoms with van der Waals surface area (Å²) < 4.78 is 11.4. The van der Waals surface area contributed by atoms with Gasteiger partial charge in [-0.05, 0) is 48.4 Å². The van der Waals surface area contributed by atoms with Gasteiger partial charge in [-0.3, -0.25) is 4.79 Å². The Labute approximate surface area is 174 Å². The first-order chi connectivity index (χ1) is 14.1. The first-order valence-corrected chi connectivity index (χ1v) is 9.50. The molecule has 3 rings (SSSR count). The smallest absolute Gasteiger partial charge is 0.280 e. The van der Waals surface area contributed by atoms with Crippen LogP contribution in [0.25, 0.3) is 0 Å². The van der Waals surface area contributed by atoms with Gasteiger partial charge >= 0.3 is 0 Å². The summed E-state index contributed by atoms with van der Waals surface area (Å²) in [6, 6.07) is 24.3. The van der Waals surface area contributed by atoms with Crippen LogP contribution in [0.15, 0.2) is 84.0 Å². The maximum atomic E-state index is 12.1. The van der Waals surface area contributed by atoms with E-state index in [9.17, 15) is 4.79 Å². The average Bonchev–Trinajstić information content (AvgIpc) is 2.73. The van der Waals surface area contributed by atoms with Crippen LogP contribution in [0.4, 0.5) is 0 Å². The van der Waals surface area contributed by atoms with Crippen molar-refractivity contribution in [2.75, 3.05) is 0 Å². The summed E-state index contributed by atoms with van der Waals surface area (Å²) >= 11 is 5.91. The van der Waals surface area contributed by atoms with Gasteiger partial charge in [0.15, 0.2) is 6.10 Å². The molecule has 0 bridgehead atoms. The number of nitrogens with zero attached hydrogens (tertiary/aromatic N) is 1. The van der Waals surface area contributed by atoms with Gasteiger partial charge in [0.25, 0.3) is 5.91 Å². The molecule has 1 amide bonds. The van der Waals surface area contributed by atoms with Gasteiger partial charge in [0.05, 0.1) is 6.21 Å². The zero-order chi connectivity index (χ0) is 20.5. The van der Waals surface area contributed by atoms with E-state index in [1.165, 1.54) is 0 Å². The Hall–Kier alpha value is -3.31. The van der Waals surface area contributed by atoms with Gasteiger partial charge in [-0.25, -0.2) is 5.43 Å². The molecule has 0 saturated carbocycles. The number of hydrogen-bond acceptors (Lipinski definition) is 4. The molecule has 0 fully saturated rings. The molecule has 3 aromatic carbocycles. The number of carbonyl (C=O) groups excluding carboxylic acids is 1. The second-order valence-electron chi connectivity index (χ2n) is 6.30. The standard InChI is InChI=1S/C23H21ClN2O3/c1-17(29-22-12-6-10-20(24)14-22)23(27)26-25-15-19-9-5-11-21(13-19)28-16-18-7-3-2-4-8-18/h2-15,17H,16H2,1H3,(H,26,27)/b25-15-/t17-/m1/s1. The third-order valence-electron chi connectivity index (χ3n) is 3.97. The van der Waals surface area contributed by atoms with Gasteiger partial charge in [-0.15, -0.1) is 0 Å². The van der Waals surface area contributed by atoms with E-state index < -0.39 is 6.10 Å². The summed E-state index contributed by atoms with van der Waals surface area (Å²) in [5, 5.41) is 4.54. The fraction of sp³-hybridized carbons (Fsp3) is 0.130. The van der Waals surface area contributed by atoms with Crippen molar-refractivity contribution in [2.24, 2.45) is 5.10 Å². The largest absolute Gasteiger partial charge is 0.489 e. The van der Waals surface area contributed by atoms with E-state index in [1.54, 1.807) is 37.4 Å². The van der Waals surface area contributed by atoms with Crippen LogP contribution in [0.5, 0.6) is 11.5 Å². The number of nitrogens with one attached hydrogen (secondary N) is 1. The highest BCUT2D eigenvalue weighted by Gasteiger charge is 2.13. The Balaban J connectivity index is 1.51. The Morgan fingerprint density at radius 1 is 1.03 bits per heavy atom. The van der Waals surface area contributed by atoms with Crippen molar-refractivity contribution in [2.45, 2.75) is 19.6 Å². The lowest BCUT2D eigenvalue weighted by molar-refractivity contribution is -0.127. The molecular formula is C23H21ClN2O3. The van der Waals surface area contributed by atoms with Crippen LogP contribution in [0, 0.1) is 0 Å². The number of rotatable bonds is 8. The minimum Gasteiger partial charge on any atom is -0.489 e. The Morgan fingerprint density at radius 2 is 1.79 bits per heavy atom. The monoisotopic (exact) mass is 408 g/mol. The van der Waals surface area contributed by atoms with E-state index in [-0.39, 0.29) is 5.91 Å². The number of benzene rings is 3. The molecule has 6 heteroatoms. The second kappa shape index (κ2) is 10.3. The minimum absolute atomic E-state index is 0.363. The molecule has 148 valence electrons. The van der Waals surface area contributed by atoms with Crippen molar-refractivity contribution in [3.63, 3.8) is 0 Å². The van der Waals surface area contributed by atoms with Crippen molar-refractivity contribution in [1.82, 2.24) is 5.43 Å². The predicted molar refractivity (Wildman–Crippen MR) is 114 cm³/mol. The summed E-state index contributed by atoms with van der Waals surface area (Å²) in [5.74, 6) is 0.881. The number of amides is 1. The van der Waals surface area contributed by atoms with E-state index in [0.29, 0.717) is 17.4 Å². The topological polar surface area (TPSA) is 59.9 Å². The van der Waals surface area contributed by atoms with Crippen LogP contribution in [0.2, 0.25) is 5.02 Å². The van der Waals surface area contributed by atoms with Crippen molar-refractivity contribution in [3.05, 3.63) is 95.0 Å². The van der Waals surface area contributed by atoms with Crippen LogP contribution < -0.4 is 14.9 Å². The van der Waals surface area contributed by atoms with Crippen LogP contribution in [-0.4, -0.2) is 18.2 Å². The Kier molecular flexibility index (Phi) is 7.25.